The summed E-state index contributed by atoms with van der Waals surface area (Å²) in [7, 11) is -3.41. The number of halogens is 1. The molecule has 142 valence electrons. The van der Waals surface area contributed by atoms with Gasteiger partial charge in [0.15, 0.2) is 0 Å². The minimum atomic E-state index is -3.41. The summed E-state index contributed by atoms with van der Waals surface area (Å²) in [6, 6.07) is 15.0. The van der Waals surface area contributed by atoms with Crippen molar-refractivity contribution in [2.24, 2.45) is 0 Å². The van der Waals surface area contributed by atoms with Crippen molar-refractivity contribution in [1.82, 2.24) is 9.21 Å². The maximum absolute atomic E-state index is 13.2. The SMILES string of the molecule is O=C(/C=C/c1cccc(F)c1)N1CCN(S(=O)(=O)Cc2ccccc2)CC1. The van der Waals surface area contributed by atoms with Crippen molar-refractivity contribution in [1.29, 1.82) is 0 Å². The van der Waals surface area contributed by atoms with Crippen LogP contribution in [0.2, 0.25) is 0 Å². The predicted octanol–water partition coefficient (Wildman–Crippen LogP) is 2.51. The van der Waals surface area contributed by atoms with E-state index in [0.29, 0.717) is 18.7 Å². The summed E-state index contributed by atoms with van der Waals surface area (Å²) in [5.74, 6) is -0.609. The van der Waals surface area contributed by atoms with Crippen molar-refractivity contribution in [2.75, 3.05) is 26.2 Å². The highest BCUT2D eigenvalue weighted by molar-refractivity contribution is 7.88. The Labute approximate surface area is 158 Å². The third-order valence-electron chi connectivity index (χ3n) is 4.40. The summed E-state index contributed by atoms with van der Waals surface area (Å²) < 4.78 is 39.7. The Morgan fingerprint density at radius 3 is 2.37 bits per heavy atom. The standard InChI is InChI=1S/C20H21FN2O3S/c21-19-8-4-7-17(15-19)9-10-20(24)22-11-13-23(14-12-22)27(25,26)16-18-5-2-1-3-6-18/h1-10,15H,11-14,16H2/b10-9+. The molecule has 1 aliphatic rings. The first-order valence-corrected chi connectivity index (χ1v) is 10.3. The van der Waals surface area contributed by atoms with E-state index in [4.69, 9.17) is 0 Å². The summed E-state index contributed by atoms with van der Waals surface area (Å²) in [6.07, 6.45) is 2.95. The molecule has 2 aromatic rings. The van der Waals surface area contributed by atoms with Crippen LogP contribution in [0.4, 0.5) is 4.39 Å². The summed E-state index contributed by atoms with van der Waals surface area (Å²) in [4.78, 5) is 13.9. The number of amides is 1. The molecule has 0 saturated carbocycles. The molecule has 0 spiro atoms. The smallest absolute Gasteiger partial charge is 0.246 e. The molecule has 0 N–H and O–H groups in total. The molecule has 1 amide bonds. The first kappa shape index (κ1) is 19.3. The van der Waals surface area contributed by atoms with Gasteiger partial charge in [-0.2, -0.15) is 4.31 Å². The molecule has 3 rings (SSSR count). The van der Waals surface area contributed by atoms with Crippen LogP contribution in [0.1, 0.15) is 11.1 Å². The number of rotatable bonds is 5. The second-order valence-corrected chi connectivity index (χ2v) is 8.32. The second kappa shape index (κ2) is 8.45. The van der Waals surface area contributed by atoms with Crippen LogP contribution in [-0.2, 0) is 20.6 Å². The van der Waals surface area contributed by atoms with E-state index in [1.165, 1.54) is 22.5 Å². The Morgan fingerprint density at radius 1 is 1.00 bits per heavy atom. The maximum atomic E-state index is 13.2. The van der Waals surface area contributed by atoms with Gasteiger partial charge < -0.3 is 4.90 Å². The fraction of sp³-hybridized carbons (Fsp3) is 0.250. The topological polar surface area (TPSA) is 57.7 Å². The lowest BCUT2D eigenvalue weighted by Crippen LogP contribution is -2.50. The summed E-state index contributed by atoms with van der Waals surface area (Å²) in [5, 5.41) is 0. The van der Waals surface area contributed by atoms with Crippen LogP contribution in [-0.4, -0.2) is 49.7 Å². The number of benzene rings is 2. The van der Waals surface area contributed by atoms with Gasteiger partial charge in [0.1, 0.15) is 5.82 Å². The Bertz CT molecular complexity index is 921. The highest BCUT2D eigenvalue weighted by Gasteiger charge is 2.28. The fourth-order valence-corrected chi connectivity index (χ4v) is 4.46. The zero-order valence-corrected chi connectivity index (χ0v) is 15.6. The number of nitrogens with zero attached hydrogens (tertiary/aromatic N) is 2. The van der Waals surface area contributed by atoms with Gasteiger partial charge >= 0.3 is 0 Å². The molecule has 0 atom stereocenters. The van der Waals surface area contributed by atoms with E-state index >= 15 is 0 Å². The predicted molar refractivity (Wildman–Crippen MR) is 103 cm³/mol. The molecule has 0 bridgehead atoms. The monoisotopic (exact) mass is 388 g/mol. The van der Waals surface area contributed by atoms with E-state index in [2.05, 4.69) is 0 Å². The molecule has 1 heterocycles. The lowest BCUT2D eigenvalue weighted by atomic mass is 10.2. The molecule has 0 radical (unpaired) electrons. The largest absolute Gasteiger partial charge is 0.337 e. The van der Waals surface area contributed by atoms with Crippen molar-refractivity contribution in [3.8, 4) is 0 Å². The van der Waals surface area contributed by atoms with Crippen LogP contribution < -0.4 is 0 Å². The number of carbonyl (C=O) groups excluding carboxylic acids is 1. The highest BCUT2D eigenvalue weighted by Crippen LogP contribution is 2.14. The first-order valence-electron chi connectivity index (χ1n) is 8.68. The number of piperazine rings is 1. The number of carbonyl (C=O) groups is 1. The van der Waals surface area contributed by atoms with E-state index in [-0.39, 0.29) is 30.6 Å². The minimum absolute atomic E-state index is 0.0404. The molecule has 0 aromatic heterocycles. The molecule has 27 heavy (non-hydrogen) atoms. The van der Waals surface area contributed by atoms with Crippen LogP contribution in [0.25, 0.3) is 6.08 Å². The molecule has 0 aliphatic carbocycles. The lowest BCUT2D eigenvalue weighted by molar-refractivity contribution is -0.127. The normalized spacial score (nSPS) is 16.0. The van der Waals surface area contributed by atoms with Gasteiger partial charge in [-0.05, 0) is 29.3 Å². The second-order valence-electron chi connectivity index (χ2n) is 6.35. The van der Waals surface area contributed by atoms with Crippen molar-refractivity contribution in [2.45, 2.75) is 5.75 Å². The fourth-order valence-electron chi connectivity index (χ4n) is 2.95. The van der Waals surface area contributed by atoms with Gasteiger partial charge in [-0.1, -0.05) is 42.5 Å². The Kier molecular flexibility index (Phi) is 6.03. The molecule has 1 fully saturated rings. The zero-order valence-electron chi connectivity index (χ0n) is 14.8. The molecule has 2 aromatic carbocycles. The summed E-state index contributed by atoms with van der Waals surface area (Å²) >= 11 is 0. The van der Waals surface area contributed by atoms with E-state index in [9.17, 15) is 17.6 Å². The number of hydrogen-bond donors (Lipinski definition) is 0. The minimum Gasteiger partial charge on any atom is -0.337 e. The van der Waals surface area contributed by atoms with Crippen molar-refractivity contribution in [3.05, 3.63) is 77.6 Å². The van der Waals surface area contributed by atoms with E-state index in [1.807, 2.05) is 18.2 Å². The molecule has 0 unspecified atom stereocenters. The molecular formula is C20H21FN2O3S. The summed E-state index contributed by atoms with van der Waals surface area (Å²) in [5.41, 5.74) is 1.35. The van der Waals surface area contributed by atoms with E-state index < -0.39 is 10.0 Å². The van der Waals surface area contributed by atoms with Crippen molar-refractivity contribution < 1.29 is 17.6 Å². The van der Waals surface area contributed by atoms with Crippen LogP contribution in [0.3, 0.4) is 0 Å². The highest BCUT2D eigenvalue weighted by atomic mass is 32.2. The first-order chi connectivity index (χ1) is 12.9. The van der Waals surface area contributed by atoms with Gasteiger partial charge in [-0.3, -0.25) is 4.79 Å². The lowest BCUT2D eigenvalue weighted by Gasteiger charge is -2.33. The molecule has 1 saturated heterocycles. The van der Waals surface area contributed by atoms with Gasteiger partial charge in [-0.25, -0.2) is 12.8 Å². The quantitative estimate of drug-likeness (QED) is 0.740. The van der Waals surface area contributed by atoms with Gasteiger partial charge in [0.2, 0.25) is 15.9 Å². The Balaban J connectivity index is 1.55. The Hall–Kier alpha value is -2.51. The van der Waals surface area contributed by atoms with Gasteiger partial charge in [0.25, 0.3) is 0 Å². The summed E-state index contributed by atoms with van der Waals surface area (Å²) in [6.45, 7) is 1.21. The van der Waals surface area contributed by atoms with Crippen LogP contribution in [0.5, 0.6) is 0 Å². The average Bonchev–Trinajstić information content (AvgIpc) is 2.67. The van der Waals surface area contributed by atoms with Gasteiger partial charge in [-0.15, -0.1) is 0 Å². The maximum Gasteiger partial charge on any atom is 0.246 e. The molecule has 1 aliphatic heterocycles. The molecule has 5 nitrogen and oxygen atoms in total. The van der Waals surface area contributed by atoms with Crippen LogP contribution in [0, 0.1) is 5.82 Å². The van der Waals surface area contributed by atoms with E-state index in [1.54, 1.807) is 35.2 Å². The molecular weight excluding hydrogens is 367 g/mol. The number of hydrogen-bond acceptors (Lipinski definition) is 3. The van der Waals surface area contributed by atoms with Crippen LogP contribution >= 0.6 is 0 Å². The van der Waals surface area contributed by atoms with Crippen LogP contribution in [0.15, 0.2) is 60.7 Å². The number of sulfonamides is 1. The Morgan fingerprint density at radius 2 is 1.70 bits per heavy atom. The average molecular weight is 388 g/mol. The van der Waals surface area contributed by atoms with Gasteiger partial charge in [0, 0.05) is 32.3 Å². The third kappa shape index (κ3) is 5.24. The van der Waals surface area contributed by atoms with Crippen molar-refractivity contribution >= 4 is 22.0 Å². The van der Waals surface area contributed by atoms with Crippen molar-refractivity contribution in [3.63, 3.8) is 0 Å². The third-order valence-corrected chi connectivity index (χ3v) is 6.25. The molecule has 7 heteroatoms. The van der Waals surface area contributed by atoms with Gasteiger partial charge in [0.05, 0.1) is 5.75 Å². The zero-order chi connectivity index (χ0) is 19.3. The van der Waals surface area contributed by atoms with E-state index in [0.717, 1.165) is 5.56 Å².